The van der Waals surface area contributed by atoms with Gasteiger partial charge in [-0.2, -0.15) is 0 Å². The molecule has 1 atom stereocenters. The van der Waals surface area contributed by atoms with Crippen molar-refractivity contribution in [2.24, 2.45) is 0 Å². The van der Waals surface area contributed by atoms with E-state index in [1.807, 2.05) is 30.3 Å². The molecule has 1 aliphatic rings. The lowest BCUT2D eigenvalue weighted by Crippen LogP contribution is -2.30. The molecule has 7 heteroatoms. The summed E-state index contributed by atoms with van der Waals surface area (Å²) in [7, 11) is 1.31. The van der Waals surface area contributed by atoms with Gasteiger partial charge in [0.1, 0.15) is 5.75 Å². The molecule has 0 radical (unpaired) electrons. The van der Waals surface area contributed by atoms with E-state index in [1.165, 1.54) is 24.4 Å². The van der Waals surface area contributed by atoms with E-state index in [9.17, 15) is 9.59 Å². The number of rotatable bonds is 7. The quantitative estimate of drug-likeness (QED) is 0.550. The third-order valence-corrected chi connectivity index (χ3v) is 5.18. The van der Waals surface area contributed by atoms with Crippen molar-refractivity contribution in [3.05, 3.63) is 64.6 Å². The predicted molar refractivity (Wildman–Crippen MR) is 111 cm³/mol. The van der Waals surface area contributed by atoms with Crippen LogP contribution < -0.4 is 15.4 Å². The average Bonchev–Trinajstić information content (AvgIpc) is 3.06. The molecule has 3 rings (SSSR count). The highest BCUT2D eigenvalue weighted by Crippen LogP contribution is 2.30. The van der Waals surface area contributed by atoms with Gasteiger partial charge in [0.05, 0.1) is 12.0 Å². The summed E-state index contributed by atoms with van der Waals surface area (Å²) in [4.78, 5) is 24.0. The first-order chi connectivity index (χ1) is 13.6. The van der Waals surface area contributed by atoms with E-state index in [2.05, 4.69) is 34.4 Å². The summed E-state index contributed by atoms with van der Waals surface area (Å²) in [5.74, 6) is 0.0120. The molecule has 0 unspecified atom stereocenters. The summed E-state index contributed by atoms with van der Waals surface area (Å²) in [5, 5.41) is 6.23. The Morgan fingerprint density at radius 2 is 1.89 bits per heavy atom. The second kappa shape index (κ2) is 9.32. The van der Waals surface area contributed by atoms with Gasteiger partial charge in [-0.15, -0.1) is 0 Å². The number of ether oxygens (including phenoxy) is 2. The lowest BCUT2D eigenvalue weighted by molar-refractivity contribution is -0.142. The van der Waals surface area contributed by atoms with Crippen molar-refractivity contribution in [1.29, 1.82) is 0 Å². The van der Waals surface area contributed by atoms with Crippen LogP contribution in [0.25, 0.3) is 6.08 Å². The van der Waals surface area contributed by atoms with Crippen LogP contribution in [0.4, 0.5) is 5.69 Å². The van der Waals surface area contributed by atoms with Crippen LogP contribution in [0.1, 0.15) is 18.1 Å². The number of amides is 1. The van der Waals surface area contributed by atoms with E-state index in [0.717, 1.165) is 17.7 Å². The number of benzene rings is 2. The molecule has 0 bridgehead atoms. The van der Waals surface area contributed by atoms with E-state index in [0.29, 0.717) is 10.7 Å². The van der Waals surface area contributed by atoms with Crippen LogP contribution >= 0.6 is 11.8 Å². The second-order valence-electron chi connectivity index (χ2n) is 6.11. The van der Waals surface area contributed by atoms with Crippen LogP contribution in [0.5, 0.6) is 5.75 Å². The number of thioether (sulfide) groups is 1. The highest BCUT2D eigenvalue weighted by atomic mass is 32.2. The minimum absolute atomic E-state index is 0.112. The zero-order chi connectivity index (χ0) is 19.9. The van der Waals surface area contributed by atoms with Gasteiger partial charge in [0.2, 0.25) is 0 Å². The summed E-state index contributed by atoms with van der Waals surface area (Å²) in [5.41, 5.74) is 2.89. The largest absolute Gasteiger partial charge is 0.482 e. The number of anilines is 1. The topological polar surface area (TPSA) is 76.7 Å². The van der Waals surface area contributed by atoms with Crippen molar-refractivity contribution < 1.29 is 19.1 Å². The van der Waals surface area contributed by atoms with E-state index < -0.39 is 5.97 Å². The zero-order valence-corrected chi connectivity index (χ0v) is 16.5. The number of hydrogen-bond acceptors (Lipinski definition) is 6. The van der Waals surface area contributed by atoms with Gasteiger partial charge >= 0.3 is 5.97 Å². The first-order valence-electron chi connectivity index (χ1n) is 8.91. The Balaban J connectivity index is 1.59. The molecule has 1 amide bonds. The molecule has 2 aromatic carbocycles. The number of nitrogens with one attached hydrogen (secondary N) is 2. The van der Waals surface area contributed by atoms with Gasteiger partial charge in [-0.3, -0.25) is 4.79 Å². The first-order valence-corrected chi connectivity index (χ1v) is 9.79. The van der Waals surface area contributed by atoms with E-state index in [4.69, 9.17) is 4.74 Å². The highest BCUT2D eigenvalue weighted by Gasteiger charge is 2.27. The number of hydrogen-bond donors (Lipinski definition) is 2. The molecule has 2 aromatic rings. The number of esters is 1. The monoisotopic (exact) mass is 398 g/mol. The molecule has 0 spiro atoms. The van der Waals surface area contributed by atoms with Crippen LogP contribution in [-0.4, -0.2) is 31.1 Å². The Hall–Kier alpha value is -2.93. The Kier molecular flexibility index (Phi) is 6.60. The van der Waals surface area contributed by atoms with Crippen LogP contribution in [0.2, 0.25) is 0 Å². The highest BCUT2D eigenvalue weighted by molar-refractivity contribution is 8.05. The van der Waals surface area contributed by atoms with Gasteiger partial charge in [-0.1, -0.05) is 43.0 Å². The fourth-order valence-electron chi connectivity index (χ4n) is 2.57. The number of aryl methyl sites for hydroxylation is 1. The molecule has 1 heterocycles. The van der Waals surface area contributed by atoms with Gasteiger partial charge in [0.15, 0.2) is 12.1 Å². The number of carbonyl (C=O) groups is 2. The molecule has 1 fully saturated rings. The Labute approximate surface area is 168 Å². The molecule has 0 aromatic heterocycles. The molecular formula is C21H22N2O4S. The van der Waals surface area contributed by atoms with E-state index >= 15 is 0 Å². The van der Waals surface area contributed by atoms with Gasteiger partial charge in [0.25, 0.3) is 5.91 Å². The molecule has 1 aliphatic heterocycles. The molecule has 1 saturated heterocycles. The van der Waals surface area contributed by atoms with Crippen LogP contribution in [-0.2, 0) is 20.7 Å². The summed E-state index contributed by atoms with van der Waals surface area (Å²) in [6.45, 7) is 1.98. The van der Waals surface area contributed by atoms with Crippen molar-refractivity contribution in [2.45, 2.75) is 18.8 Å². The van der Waals surface area contributed by atoms with Crippen molar-refractivity contribution >= 4 is 35.4 Å². The molecule has 28 heavy (non-hydrogen) atoms. The van der Waals surface area contributed by atoms with Crippen LogP contribution in [0.15, 0.2) is 53.4 Å². The van der Waals surface area contributed by atoms with E-state index in [-0.39, 0.29) is 18.0 Å². The van der Waals surface area contributed by atoms with Crippen LogP contribution in [0.3, 0.4) is 0 Å². The SMILES string of the molecule is CCc1ccc(N[C@@H]2NC(=O)/C(=C/c3ccc(OCC(=O)OC)cc3)S2)cc1. The fraction of sp³-hybridized carbons (Fsp3) is 0.238. The molecule has 2 N–H and O–H groups in total. The third kappa shape index (κ3) is 5.29. The lowest BCUT2D eigenvalue weighted by atomic mass is 10.1. The smallest absolute Gasteiger partial charge is 0.343 e. The van der Waals surface area contributed by atoms with Crippen LogP contribution in [0, 0.1) is 0 Å². The maximum atomic E-state index is 12.2. The Morgan fingerprint density at radius 1 is 1.18 bits per heavy atom. The molecular weight excluding hydrogens is 376 g/mol. The molecule has 0 saturated carbocycles. The first kappa shape index (κ1) is 19.8. The maximum Gasteiger partial charge on any atom is 0.343 e. The third-order valence-electron chi connectivity index (χ3n) is 4.15. The standard InChI is InChI=1S/C21H22N2O4S/c1-3-14-4-8-16(9-5-14)22-21-23-20(25)18(28-21)12-15-6-10-17(11-7-15)27-13-19(24)26-2/h4-12,21-22H,3,13H2,1-2H3,(H,23,25)/b18-12-/t21-/m1/s1. The van der Waals surface area contributed by atoms with Crippen molar-refractivity contribution in [3.8, 4) is 5.75 Å². The summed E-state index contributed by atoms with van der Waals surface area (Å²) in [6.07, 6.45) is 2.82. The summed E-state index contributed by atoms with van der Waals surface area (Å²) >= 11 is 1.44. The summed E-state index contributed by atoms with van der Waals surface area (Å²) < 4.78 is 9.85. The zero-order valence-electron chi connectivity index (χ0n) is 15.7. The van der Waals surface area contributed by atoms with Gasteiger partial charge in [-0.25, -0.2) is 4.79 Å². The molecule has 0 aliphatic carbocycles. The minimum atomic E-state index is -0.437. The number of methoxy groups -OCH3 is 1. The Morgan fingerprint density at radius 3 is 2.54 bits per heavy atom. The minimum Gasteiger partial charge on any atom is -0.482 e. The second-order valence-corrected chi connectivity index (χ2v) is 7.26. The number of carbonyl (C=O) groups excluding carboxylic acids is 2. The predicted octanol–water partition coefficient (Wildman–Crippen LogP) is 3.40. The van der Waals surface area contributed by atoms with Crippen molar-refractivity contribution in [3.63, 3.8) is 0 Å². The van der Waals surface area contributed by atoms with Gasteiger partial charge in [-0.05, 0) is 47.9 Å². The Bertz CT molecular complexity index is 863. The summed E-state index contributed by atoms with van der Waals surface area (Å²) in [6, 6.07) is 15.3. The van der Waals surface area contributed by atoms with Gasteiger partial charge < -0.3 is 20.1 Å². The van der Waals surface area contributed by atoms with E-state index in [1.54, 1.807) is 12.1 Å². The van der Waals surface area contributed by atoms with Gasteiger partial charge in [0, 0.05) is 5.69 Å². The lowest BCUT2D eigenvalue weighted by Gasteiger charge is -2.12. The average molecular weight is 398 g/mol. The maximum absolute atomic E-state index is 12.2. The fourth-order valence-corrected chi connectivity index (χ4v) is 3.55. The van der Waals surface area contributed by atoms with Crippen molar-refractivity contribution in [2.75, 3.05) is 19.0 Å². The molecule has 146 valence electrons. The molecule has 6 nitrogen and oxygen atoms in total. The van der Waals surface area contributed by atoms with Crippen molar-refractivity contribution in [1.82, 2.24) is 5.32 Å². The normalized spacial score (nSPS) is 17.3.